The molecule has 0 radical (unpaired) electrons. The number of carbonyl (C=O) groups is 2. The van der Waals surface area contributed by atoms with Crippen LogP contribution in [0.15, 0.2) is 47.4 Å². The van der Waals surface area contributed by atoms with E-state index in [2.05, 4.69) is 5.32 Å². The van der Waals surface area contributed by atoms with Crippen molar-refractivity contribution in [2.75, 3.05) is 25.0 Å². The number of nitrogens with zero attached hydrogens (tertiary/aromatic N) is 1. The first-order valence-corrected chi connectivity index (χ1v) is 10.9. The minimum Gasteiger partial charge on any atom is -0.452 e. The summed E-state index contributed by atoms with van der Waals surface area (Å²) < 4.78 is 31.2. The second kappa shape index (κ2) is 10.1. The Bertz CT molecular complexity index is 970. The number of sulfonamides is 1. The molecule has 0 atom stereocenters. The second-order valence-electron chi connectivity index (χ2n) is 5.90. The largest absolute Gasteiger partial charge is 0.452 e. The van der Waals surface area contributed by atoms with Crippen molar-refractivity contribution in [1.29, 1.82) is 0 Å². The van der Waals surface area contributed by atoms with Gasteiger partial charge in [-0.15, -0.1) is 0 Å². The molecule has 0 aliphatic rings. The summed E-state index contributed by atoms with van der Waals surface area (Å²) in [5, 5.41) is 3.07. The molecule has 0 aromatic heterocycles. The van der Waals surface area contributed by atoms with Crippen molar-refractivity contribution in [2.24, 2.45) is 0 Å². The summed E-state index contributed by atoms with van der Waals surface area (Å²) in [6.07, 6.45) is 0. The van der Waals surface area contributed by atoms with E-state index in [4.69, 9.17) is 27.9 Å². The number of benzene rings is 2. The number of halogens is 2. The van der Waals surface area contributed by atoms with Gasteiger partial charge in [0.15, 0.2) is 6.61 Å². The third kappa shape index (κ3) is 6.17. The van der Waals surface area contributed by atoms with Gasteiger partial charge in [0.25, 0.3) is 5.91 Å². The lowest BCUT2D eigenvalue weighted by molar-refractivity contribution is -0.119. The Morgan fingerprint density at radius 2 is 1.55 bits per heavy atom. The number of nitrogens with one attached hydrogen (secondary N) is 1. The molecule has 29 heavy (non-hydrogen) atoms. The Morgan fingerprint density at radius 3 is 2.07 bits per heavy atom. The highest BCUT2D eigenvalue weighted by Crippen LogP contribution is 2.20. The normalized spacial score (nSPS) is 11.3. The zero-order valence-corrected chi connectivity index (χ0v) is 18.1. The molecule has 0 saturated heterocycles. The zero-order valence-electron chi connectivity index (χ0n) is 15.8. The molecule has 1 amide bonds. The molecule has 0 aliphatic carbocycles. The topological polar surface area (TPSA) is 92.8 Å². The summed E-state index contributed by atoms with van der Waals surface area (Å²) in [6, 6.07) is 9.97. The lowest BCUT2D eigenvalue weighted by atomic mass is 10.2. The predicted molar refractivity (Wildman–Crippen MR) is 112 cm³/mol. The maximum atomic E-state index is 12.5. The van der Waals surface area contributed by atoms with Crippen LogP contribution in [0.25, 0.3) is 0 Å². The quantitative estimate of drug-likeness (QED) is 0.606. The molecule has 2 rings (SSSR count). The highest BCUT2D eigenvalue weighted by atomic mass is 35.5. The maximum absolute atomic E-state index is 12.5. The average Bonchev–Trinajstić information content (AvgIpc) is 2.66. The molecule has 0 saturated carbocycles. The van der Waals surface area contributed by atoms with Crippen molar-refractivity contribution in [2.45, 2.75) is 18.7 Å². The van der Waals surface area contributed by atoms with Crippen molar-refractivity contribution in [3.8, 4) is 0 Å². The molecule has 0 heterocycles. The molecule has 2 aromatic carbocycles. The van der Waals surface area contributed by atoms with Gasteiger partial charge >= 0.3 is 5.97 Å². The summed E-state index contributed by atoms with van der Waals surface area (Å²) in [5.41, 5.74) is 0.497. The van der Waals surface area contributed by atoms with Crippen LogP contribution in [0.1, 0.15) is 24.2 Å². The third-order valence-electron chi connectivity index (χ3n) is 3.91. The van der Waals surface area contributed by atoms with Crippen LogP contribution in [0.2, 0.25) is 10.0 Å². The Balaban J connectivity index is 1.96. The molecule has 156 valence electrons. The predicted octanol–water partition coefficient (Wildman–Crippen LogP) is 3.82. The van der Waals surface area contributed by atoms with Gasteiger partial charge in [-0.2, -0.15) is 4.31 Å². The molecule has 0 spiro atoms. The molecule has 10 heteroatoms. The van der Waals surface area contributed by atoms with Gasteiger partial charge in [0.05, 0.1) is 10.5 Å². The van der Waals surface area contributed by atoms with Crippen molar-refractivity contribution in [3.63, 3.8) is 0 Å². The minimum absolute atomic E-state index is 0.126. The minimum atomic E-state index is -3.58. The lowest BCUT2D eigenvalue weighted by Crippen LogP contribution is -2.30. The molecule has 2 aromatic rings. The first-order valence-electron chi connectivity index (χ1n) is 8.70. The smallest absolute Gasteiger partial charge is 0.338 e. The zero-order chi connectivity index (χ0) is 21.6. The van der Waals surface area contributed by atoms with Gasteiger partial charge in [-0.05, 0) is 42.5 Å². The number of anilines is 1. The monoisotopic (exact) mass is 458 g/mol. The van der Waals surface area contributed by atoms with E-state index in [0.29, 0.717) is 18.8 Å². The number of esters is 1. The van der Waals surface area contributed by atoms with E-state index in [-0.39, 0.29) is 20.5 Å². The second-order valence-corrected chi connectivity index (χ2v) is 8.71. The molecular weight excluding hydrogens is 439 g/mol. The van der Waals surface area contributed by atoms with Crippen LogP contribution in [-0.4, -0.2) is 44.3 Å². The van der Waals surface area contributed by atoms with Crippen molar-refractivity contribution in [1.82, 2.24) is 4.31 Å². The Kier molecular flexibility index (Phi) is 8.04. The van der Waals surface area contributed by atoms with Crippen LogP contribution in [0.5, 0.6) is 0 Å². The molecular formula is C19H20Cl2N2O5S. The van der Waals surface area contributed by atoms with E-state index in [0.717, 1.165) is 0 Å². The Labute approximate surface area is 179 Å². The first kappa shape index (κ1) is 23.2. The van der Waals surface area contributed by atoms with Crippen LogP contribution >= 0.6 is 23.2 Å². The summed E-state index contributed by atoms with van der Waals surface area (Å²) in [7, 11) is -3.58. The lowest BCUT2D eigenvalue weighted by Gasteiger charge is -2.18. The Hall–Kier alpha value is -2.13. The standard InChI is InChI=1S/C19H20Cl2N2O5S/c1-3-23(4-2)29(26,27)17-7-5-16(6-8-17)22-18(24)12-28-19(25)13-9-14(20)11-15(21)10-13/h5-11H,3-4,12H2,1-2H3,(H,22,24). The molecule has 0 unspecified atom stereocenters. The fraction of sp³-hybridized carbons (Fsp3) is 0.263. The van der Waals surface area contributed by atoms with Gasteiger partial charge in [0, 0.05) is 28.8 Å². The van der Waals surface area contributed by atoms with E-state index in [1.54, 1.807) is 13.8 Å². The van der Waals surface area contributed by atoms with Gasteiger partial charge in [-0.25, -0.2) is 13.2 Å². The summed E-state index contributed by atoms with van der Waals surface area (Å²) >= 11 is 11.7. The number of carbonyl (C=O) groups excluding carboxylic acids is 2. The maximum Gasteiger partial charge on any atom is 0.338 e. The van der Waals surface area contributed by atoms with Gasteiger partial charge in [-0.3, -0.25) is 4.79 Å². The van der Waals surface area contributed by atoms with Gasteiger partial charge in [0.1, 0.15) is 0 Å². The number of ether oxygens (including phenoxy) is 1. The van der Waals surface area contributed by atoms with Crippen LogP contribution in [0.3, 0.4) is 0 Å². The molecule has 0 aliphatic heterocycles. The van der Waals surface area contributed by atoms with E-state index in [9.17, 15) is 18.0 Å². The van der Waals surface area contributed by atoms with Crippen LogP contribution in [0, 0.1) is 0 Å². The van der Waals surface area contributed by atoms with Gasteiger partial charge in [0.2, 0.25) is 10.0 Å². The van der Waals surface area contributed by atoms with Crippen LogP contribution in [-0.2, 0) is 19.6 Å². The van der Waals surface area contributed by atoms with E-state index in [1.165, 1.54) is 46.8 Å². The third-order valence-corrected chi connectivity index (χ3v) is 6.41. The average molecular weight is 459 g/mol. The summed E-state index contributed by atoms with van der Waals surface area (Å²) in [4.78, 5) is 24.1. The molecule has 0 bridgehead atoms. The summed E-state index contributed by atoms with van der Waals surface area (Å²) in [5.74, 6) is -1.32. The number of hydrogen-bond donors (Lipinski definition) is 1. The summed E-state index contributed by atoms with van der Waals surface area (Å²) in [6.45, 7) is 3.71. The fourth-order valence-electron chi connectivity index (χ4n) is 2.51. The fourth-order valence-corrected chi connectivity index (χ4v) is 4.49. The number of hydrogen-bond acceptors (Lipinski definition) is 5. The van der Waals surface area contributed by atoms with E-state index < -0.39 is 28.5 Å². The highest BCUT2D eigenvalue weighted by molar-refractivity contribution is 7.89. The van der Waals surface area contributed by atoms with Gasteiger partial charge < -0.3 is 10.1 Å². The van der Waals surface area contributed by atoms with Gasteiger partial charge in [-0.1, -0.05) is 37.0 Å². The highest BCUT2D eigenvalue weighted by Gasteiger charge is 2.21. The van der Waals surface area contributed by atoms with E-state index in [1.807, 2.05) is 0 Å². The van der Waals surface area contributed by atoms with Crippen molar-refractivity contribution in [3.05, 3.63) is 58.1 Å². The SMILES string of the molecule is CCN(CC)S(=O)(=O)c1ccc(NC(=O)COC(=O)c2cc(Cl)cc(Cl)c2)cc1. The van der Waals surface area contributed by atoms with Crippen molar-refractivity contribution < 1.29 is 22.7 Å². The number of amides is 1. The van der Waals surface area contributed by atoms with E-state index >= 15 is 0 Å². The van der Waals surface area contributed by atoms with Crippen LogP contribution < -0.4 is 5.32 Å². The molecule has 7 nitrogen and oxygen atoms in total. The molecule has 1 N–H and O–H groups in total. The first-order chi connectivity index (χ1) is 13.7. The number of rotatable bonds is 8. The molecule has 0 fully saturated rings. The van der Waals surface area contributed by atoms with Crippen molar-refractivity contribution >= 4 is 50.8 Å². The van der Waals surface area contributed by atoms with Crippen LogP contribution in [0.4, 0.5) is 5.69 Å². The Morgan fingerprint density at radius 1 is 1.00 bits per heavy atom.